The van der Waals surface area contributed by atoms with Crippen molar-refractivity contribution in [1.82, 2.24) is 4.57 Å². The lowest BCUT2D eigenvalue weighted by molar-refractivity contribution is -0.137. The number of aliphatic carboxylic acids is 1. The van der Waals surface area contributed by atoms with E-state index in [0.717, 1.165) is 22.3 Å². The first-order valence-corrected chi connectivity index (χ1v) is 8.01. The Morgan fingerprint density at radius 2 is 2.14 bits per heavy atom. The molecule has 0 fully saturated rings. The molecule has 1 heterocycles. The molecule has 1 atom stereocenters. The van der Waals surface area contributed by atoms with Gasteiger partial charge < -0.3 is 15.0 Å². The normalized spacial score (nSPS) is 12.3. The highest BCUT2D eigenvalue weighted by atomic mass is 32.2. The lowest BCUT2D eigenvalue weighted by Gasteiger charge is -2.11. The summed E-state index contributed by atoms with van der Waals surface area (Å²) in [6, 6.07) is 7.33. The summed E-state index contributed by atoms with van der Waals surface area (Å²) in [4.78, 5) is 22.8. The molecule has 0 bridgehead atoms. The number of hydrogen-bond acceptors (Lipinski definition) is 3. The Hall–Kier alpha value is -1.95. The molecule has 0 radical (unpaired) electrons. The first-order chi connectivity index (χ1) is 10.0. The number of nitrogens with zero attached hydrogens (tertiary/aromatic N) is 1. The molecule has 1 aromatic heterocycles. The summed E-state index contributed by atoms with van der Waals surface area (Å²) < 4.78 is 1.67. The third-order valence-electron chi connectivity index (χ3n) is 3.21. The lowest BCUT2D eigenvalue weighted by atomic mass is 10.2. The Balaban J connectivity index is 2.16. The largest absolute Gasteiger partial charge is 0.480 e. The molecule has 6 heteroatoms. The maximum absolute atomic E-state index is 12.0. The predicted molar refractivity (Wildman–Crippen MR) is 85.7 cm³/mol. The average Bonchev–Trinajstić information content (AvgIpc) is 2.81. The van der Waals surface area contributed by atoms with Crippen LogP contribution in [-0.4, -0.2) is 33.6 Å². The minimum atomic E-state index is -0.879. The molecule has 0 spiro atoms. The van der Waals surface area contributed by atoms with Crippen LogP contribution in [0.4, 0.5) is 5.69 Å². The molecule has 1 amide bonds. The van der Waals surface area contributed by atoms with Crippen molar-refractivity contribution >= 4 is 40.2 Å². The first kappa shape index (κ1) is 15.4. The van der Waals surface area contributed by atoms with Crippen LogP contribution in [0.5, 0.6) is 0 Å². The zero-order valence-electron chi connectivity index (χ0n) is 12.0. The Bertz CT molecular complexity index is 666. The molecule has 0 aliphatic carbocycles. The molecule has 21 heavy (non-hydrogen) atoms. The molecule has 0 saturated carbocycles. The van der Waals surface area contributed by atoms with Crippen LogP contribution in [0.1, 0.15) is 6.92 Å². The summed E-state index contributed by atoms with van der Waals surface area (Å²) in [6.07, 6.45) is 3.71. The molecule has 0 aliphatic rings. The molecule has 112 valence electrons. The smallest absolute Gasteiger partial charge is 0.323 e. The van der Waals surface area contributed by atoms with Crippen LogP contribution in [0.15, 0.2) is 30.5 Å². The van der Waals surface area contributed by atoms with Gasteiger partial charge in [-0.15, -0.1) is 0 Å². The summed E-state index contributed by atoms with van der Waals surface area (Å²) in [6.45, 7) is 1.83. The lowest BCUT2D eigenvalue weighted by Crippen LogP contribution is -2.21. The van der Waals surface area contributed by atoms with Gasteiger partial charge in [-0.2, -0.15) is 11.8 Å². The van der Waals surface area contributed by atoms with Crippen LogP contribution >= 0.6 is 11.8 Å². The van der Waals surface area contributed by atoms with Crippen molar-refractivity contribution in [2.45, 2.75) is 13.5 Å². The highest BCUT2D eigenvalue weighted by Gasteiger charge is 2.13. The van der Waals surface area contributed by atoms with Crippen LogP contribution in [0.25, 0.3) is 10.9 Å². The second-order valence-electron chi connectivity index (χ2n) is 4.96. The minimum Gasteiger partial charge on any atom is -0.480 e. The van der Waals surface area contributed by atoms with E-state index in [4.69, 9.17) is 5.11 Å². The summed E-state index contributed by atoms with van der Waals surface area (Å²) in [7, 11) is 0. The molecular weight excluding hydrogens is 288 g/mol. The summed E-state index contributed by atoms with van der Waals surface area (Å²) in [5, 5.41) is 12.6. The van der Waals surface area contributed by atoms with Gasteiger partial charge in [0.1, 0.15) is 6.54 Å². The number of rotatable bonds is 6. The molecule has 1 aromatic carbocycles. The van der Waals surface area contributed by atoms with Gasteiger partial charge in [-0.05, 0) is 30.5 Å². The van der Waals surface area contributed by atoms with Crippen LogP contribution < -0.4 is 5.32 Å². The van der Waals surface area contributed by atoms with Crippen molar-refractivity contribution in [3.05, 3.63) is 30.5 Å². The SMILES string of the molecule is CSCC(C)C(=O)Nc1ccc2c(ccn2CC(=O)O)c1. The molecule has 0 aliphatic heterocycles. The number of carboxylic acid groups (broad SMARTS) is 1. The van der Waals surface area contributed by atoms with E-state index >= 15 is 0 Å². The highest BCUT2D eigenvalue weighted by Crippen LogP contribution is 2.21. The van der Waals surface area contributed by atoms with Crippen LogP contribution in [0, 0.1) is 5.92 Å². The summed E-state index contributed by atoms with van der Waals surface area (Å²) in [5.74, 6) is -0.153. The van der Waals surface area contributed by atoms with Gasteiger partial charge in [-0.3, -0.25) is 9.59 Å². The number of carbonyl (C=O) groups excluding carboxylic acids is 1. The summed E-state index contributed by atoms with van der Waals surface area (Å²) in [5.41, 5.74) is 1.57. The minimum absolute atomic E-state index is 0.00586. The van der Waals surface area contributed by atoms with E-state index in [9.17, 15) is 9.59 Å². The van der Waals surface area contributed by atoms with Crippen molar-refractivity contribution < 1.29 is 14.7 Å². The van der Waals surface area contributed by atoms with Crippen molar-refractivity contribution in [2.24, 2.45) is 5.92 Å². The summed E-state index contributed by atoms with van der Waals surface area (Å²) >= 11 is 1.64. The second-order valence-corrected chi connectivity index (χ2v) is 5.87. The van der Waals surface area contributed by atoms with Crippen molar-refractivity contribution in [1.29, 1.82) is 0 Å². The van der Waals surface area contributed by atoms with Gasteiger partial charge in [-0.25, -0.2) is 0 Å². The number of fused-ring (bicyclic) bond motifs is 1. The average molecular weight is 306 g/mol. The number of amides is 1. The number of thioether (sulfide) groups is 1. The highest BCUT2D eigenvalue weighted by molar-refractivity contribution is 7.98. The molecule has 0 saturated heterocycles. The zero-order chi connectivity index (χ0) is 15.4. The van der Waals surface area contributed by atoms with Gasteiger partial charge in [0.15, 0.2) is 0 Å². The quantitative estimate of drug-likeness (QED) is 0.860. The van der Waals surface area contributed by atoms with Crippen molar-refractivity contribution in [3.63, 3.8) is 0 Å². The zero-order valence-corrected chi connectivity index (χ0v) is 12.8. The molecule has 5 nitrogen and oxygen atoms in total. The van der Waals surface area contributed by atoms with Gasteiger partial charge in [0, 0.05) is 34.5 Å². The number of carboxylic acids is 1. The van der Waals surface area contributed by atoms with Crippen LogP contribution in [-0.2, 0) is 16.1 Å². The molecular formula is C15H18N2O3S. The molecule has 2 aromatic rings. The van der Waals surface area contributed by atoms with Crippen LogP contribution in [0.3, 0.4) is 0 Å². The molecule has 2 rings (SSSR count). The third-order valence-corrected chi connectivity index (χ3v) is 4.04. The molecule has 2 N–H and O–H groups in total. The number of nitrogens with one attached hydrogen (secondary N) is 1. The van der Waals surface area contributed by atoms with Crippen molar-refractivity contribution in [2.75, 3.05) is 17.3 Å². The monoisotopic (exact) mass is 306 g/mol. The Kier molecular flexibility index (Phi) is 4.90. The fraction of sp³-hybridized carbons (Fsp3) is 0.333. The maximum Gasteiger partial charge on any atom is 0.323 e. The molecule has 1 unspecified atom stereocenters. The Labute approximate surface area is 127 Å². The van der Waals surface area contributed by atoms with E-state index in [1.165, 1.54) is 0 Å². The van der Waals surface area contributed by atoms with E-state index in [1.54, 1.807) is 28.6 Å². The predicted octanol–water partition coefficient (Wildman–Crippen LogP) is 2.66. The number of benzene rings is 1. The van der Waals surface area contributed by atoms with Gasteiger partial charge in [0.05, 0.1) is 0 Å². The second kappa shape index (κ2) is 6.67. The van der Waals surface area contributed by atoms with E-state index in [1.807, 2.05) is 31.4 Å². The van der Waals surface area contributed by atoms with Crippen molar-refractivity contribution in [3.8, 4) is 0 Å². The van der Waals surface area contributed by atoms with E-state index in [2.05, 4.69) is 5.32 Å². The van der Waals surface area contributed by atoms with Crippen LogP contribution in [0.2, 0.25) is 0 Å². The van der Waals surface area contributed by atoms with Gasteiger partial charge in [0.25, 0.3) is 0 Å². The number of anilines is 1. The Morgan fingerprint density at radius 3 is 2.81 bits per heavy atom. The van der Waals surface area contributed by atoms with Gasteiger partial charge >= 0.3 is 5.97 Å². The van der Waals surface area contributed by atoms with E-state index < -0.39 is 5.97 Å². The fourth-order valence-electron chi connectivity index (χ4n) is 2.15. The van der Waals surface area contributed by atoms with E-state index in [0.29, 0.717) is 0 Å². The van der Waals surface area contributed by atoms with Gasteiger partial charge in [-0.1, -0.05) is 6.92 Å². The maximum atomic E-state index is 12.0. The number of aromatic nitrogens is 1. The first-order valence-electron chi connectivity index (χ1n) is 6.61. The van der Waals surface area contributed by atoms with Gasteiger partial charge in [0.2, 0.25) is 5.91 Å². The van der Waals surface area contributed by atoms with E-state index in [-0.39, 0.29) is 18.4 Å². The number of hydrogen-bond donors (Lipinski definition) is 2. The Morgan fingerprint density at radius 1 is 1.38 bits per heavy atom. The third kappa shape index (κ3) is 3.78. The standard InChI is InChI=1S/C15H18N2O3S/c1-10(9-21-2)15(20)16-12-3-4-13-11(7-12)5-6-17(13)8-14(18)19/h3-7,10H,8-9H2,1-2H3,(H,16,20)(H,18,19). The number of carbonyl (C=O) groups is 2. The topological polar surface area (TPSA) is 71.3 Å². The fourth-order valence-corrected chi connectivity index (χ4v) is 2.80.